The van der Waals surface area contributed by atoms with Gasteiger partial charge in [-0.1, -0.05) is 36.4 Å². The predicted octanol–water partition coefficient (Wildman–Crippen LogP) is 1.91. The molecule has 0 bridgehead atoms. The monoisotopic (exact) mass is 339 g/mol. The topological polar surface area (TPSA) is 78.5 Å². The number of hydrogen-bond acceptors (Lipinski definition) is 3. The van der Waals surface area contributed by atoms with Crippen LogP contribution in [0.5, 0.6) is 0 Å². The molecular weight excluding hydrogens is 318 g/mol. The maximum Gasteiger partial charge on any atom is 0.313 e. The predicted molar refractivity (Wildman–Crippen MR) is 96.0 cm³/mol. The number of likely N-dealkylation sites (tertiary alicyclic amines) is 1. The molecule has 3 amide bonds. The summed E-state index contributed by atoms with van der Waals surface area (Å²) in [5, 5.41) is 7.14. The molecule has 1 aliphatic rings. The summed E-state index contributed by atoms with van der Waals surface area (Å²) in [7, 11) is 0. The van der Waals surface area contributed by atoms with Gasteiger partial charge in [0, 0.05) is 37.1 Å². The van der Waals surface area contributed by atoms with Crippen molar-refractivity contribution in [2.24, 2.45) is 0 Å². The van der Waals surface area contributed by atoms with Crippen LogP contribution >= 0.6 is 0 Å². The normalized spacial score (nSPS) is 13.9. The molecule has 130 valence electrons. The van der Waals surface area contributed by atoms with Crippen molar-refractivity contribution in [1.29, 1.82) is 0 Å². The van der Waals surface area contributed by atoms with Gasteiger partial charge >= 0.3 is 11.8 Å². The molecule has 2 aromatic carbocycles. The van der Waals surface area contributed by atoms with Crippen molar-refractivity contribution >= 4 is 34.2 Å². The fraction of sp³-hybridized carbons (Fsp3) is 0.316. The van der Waals surface area contributed by atoms with E-state index in [1.807, 2.05) is 36.4 Å². The van der Waals surface area contributed by atoms with E-state index in [9.17, 15) is 14.4 Å². The Balaban J connectivity index is 1.49. The number of carbonyl (C=O) groups excluding carboxylic acids is 3. The molecule has 0 radical (unpaired) electrons. The minimum Gasteiger partial charge on any atom is -0.348 e. The second-order valence-electron chi connectivity index (χ2n) is 6.07. The van der Waals surface area contributed by atoms with E-state index < -0.39 is 11.8 Å². The van der Waals surface area contributed by atoms with E-state index in [-0.39, 0.29) is 5.91 Å². The number of benzene rings is 2. The van der Waals surface area contributed by atoms with Crippen LogP contribution in [0.4, 0.5) is 5.69 Å². The van der Waals surface area contributed by atoms with Crippen LogP contribution in [-0.4, -0.2) is 42.3 Å². The standard InChI is InChI=1S/C19H21N3O3/c23-17-10-4-12-22(17)13-5-11-20-18(24)19(25)21-16-9-3-7-14-6-1-2-8-15(14)16/h1-3,6-9H,4-5,10-13H2,(H,20,24)(H,21,25). The highest BCUT2D eigenvalue weighted by atomic mass is 16.2. The van der Waals surface area contributed by atoms with Gasteiger partial charge < -0.3 is 15.5 Å². The maximum atomic E-state index is 12.1. The number of nitrogens with one attached hydrogen (secondary N) is 2. The summed E-state index contributed by atoms with van der Waals surface area (Å²) in [6.07, 6.45) is 2.15. The van der Waals surface area contributed by atoms with Gasteiger partial charge in [0.05, 0.1) is 0 Å². The van der Waals surface area contributed by atoms with Gasteiger partial charge in [-0.25, -0.2) is 0 Å². The minimum absolute atomic E-state index is 0.167. The molecule has 6 heteroatoms. The van der Waals surface area contributed by atoms with Crippen molar-refractivity contribution in [3.05, 3.63) is 42.5 Å². The molecule has 2 aromatic rings. The van der Waals surface area contributed by atoms with Gasteiger partial charge in [0.2, 0.25) is 5.91 Å². The van der Waals surface area contributed by atoms with E-state index in [0.717, 1.165) is 23.7 Å². The highest BCUT2D eigenvalue weighted by molar-refractivity contribution is 6.40. The van der Waals surface area contributed by atoms with Gasteiger partial charge in [-0.2, -0.15) is 0 Å². The lowest BCUT2D eigenvalue weighted by atomic mass is 10.1. The molecule has 1 saturated heterocycles. The number of anilines is 1. The second kappa shape index (κ2) is 7.79. The zero-order chi connectivity index (χ0) is 17.6. The van der Waals surface area contributed by atoms with E-state index in [0.29, 0.717) is 31.6 Å². The van der Waals surface area contributed by atoms with Gasteiger partial charge in [-0.3, -0.25) is 14.4 Å². The lowest BCUT2D eigenvalue weighted by Gasteiger charge is -2.15. The van der Waals surface area contributed by atoms with Gasteiger partial charge in [0.15, 0.2) is 0 Å². The van der Waals surface area contributed by atoms with Gasteiger partial charge in [0.1, 0.15) is 0 Å². The molecule has 1 heterocycles. The first-order valence-corrected chi connectivity index (χ1v) is 8.50. The number of rotatable bonds is 5. The highest BCUT2D eigenvalue weighted by Crippen LogP contribution is 2.22. The van der Waals surface area contributed by atoms with Gasteiger partial charge in [-0.05, 0) is 24.3 Å². The molecule has 0 atom stereocenters. The van der Waals surface area contributed by atoms with Crippen LogP contribution in [0.25, 0.3) is 10.8 Å². The third-order valence-corrected chi connectivity index (χ3v) is 4.31. The van der Waals surface area contributed by atoms with E-state index >= 15 is 0 Å². The van der Waals surface area contributed by atoms with Crippen LogP contribution in [0, 0.1) is 0 Å². The lowest BCUT2D eigenvalue weighted by molar-refractivity contribution is -0.136. The summed E-state index contributed by atoms with van der Waals surface area (Å²) in [6, 6.07) is 13.2. The third-order valence-electron chi connectivity index (χ3n) is 4.31. The zero-order valence-electron chi connectivity index (χ0n) is 14.0. The van der Waals surface area contributed by atoms with Crippen LogP contribution in [-0.2, 0) is 14.4 Å². The highest BCUT2D eigenvalue weighted by Gasteiger charge is 2.19. The third kappa shape index (κ3) is 4.15. The van der Waals surface area contributed by atoms with E-state index in [1.54, 1.807) is 11.0 Å². The summed E-state index contributed by atoms with van der Waals surface area (Å²) in [6.45, 7) is 1.77. The summed E-state index contributed by atoms with van der Waals surface area (Å²) in [5.74, 6) is -1.19. The first kappa shape index (κ1) is 17.0. The summed E-state index contributed by atoms with van der Waals surface area (Å²) < 4.78 is 0. The Labute approximate surface area is 146 Å². The number of amides is 3. The average molecular weight is 339 g/mol. The van der Waals surface area contributed by atoms with E-state index in [1.165, 1.54) is 0 Å². The Morgan fingerprint density at radius 2 is 1.84 bits per heavy atom. The van der Waals surface area contributed by atoms with Crippen molar-refractivity contribution in [2.75, 3.05) is 25.0 Å². The van der Waals surface area contributed by atoms with Crippen LogP contribution in [0.2, 0.25) is 0 Å². The largest absolute Gasteiger partial charge is 0.348 e. The fourth-order valence-corrected chi connectivity index (χ4v) is 3.01. The molecule has 0 aliphatic carbocycles. The molecule has 1 fully saturated rings. The molecule has 0 saturated carbocycles. The molecule has 3 rings (SSSR count). The molecule has 6 nitrogen and oxygen atoms in total. The maximum absolute atomic E-state index is 12.1. The Kier molecular flexibility index (Phi) is 5.28. The molecule has 0 unspecified atom stereocenters. The van der Waals surface area contributed by atoms with Crippen LogP contribution in [0.1, 0.15) is 19.3 Å². The smallest absolute Gasteiger partial charge is 0.313 e. The molecule has 25 heavy (non-hydrogen) atoms. The fourth-order valence-electron chi connectivity index (χ4n) is 3.01. The van der Waals surface area contributed by atoms with Crippen molar-refractivity contribution in [2.45, 2.75) is 19.3 Å². The van der Waals surface area contributed by atoms with Crippen molar-refractivity contribution in [1.82, 2.24) is 10.2 Å². The summed E-state index contributed by atoms with van der Waals surface area (Å²) in [5.41, 5.74) is 0.612. The molecule has 0 spiro atoms. The first-order valence-electron chi connectivity index (χ1n) is 8.50. The summed E-state index contributed by atoms with van der Waals surface area (Å²) in [4.78, 5) is 37.3. The lowest BCUT2D eigenvalue weighted by Crippen LogP contribution is -2.37. The Morgan fingerprint density at radius 3 is 2.64 bits per heavy atom. The van der Waals surface area contributed by atoms with Gasteiger partial charge in [-0.15, -0.1) is 0 Å². The summed E-state index contributed by atoms with van der Waals surface area (Å²) >= 11 is 0. The minimum atomic E-state index is -0.686. The Hall–Kier alpha value is -2.89. The van der Waals surface area contributed by atoms with Gasteiger partial charge in [0.25, 0.3) is 0 Å². The molecular formula is C19H21N3O3. The number of carbonyl (C=O) groups is 3. The number of fused-ring (bicyclic) bond motifs is 1. The average Bonchev–Trinajstić information content (AvgIpc) is 3.04. The van der Waals surface area contributed by atoms with Crippen LogP contribution in [0.3, 0.4) is 0 Å². The second-order valence-corrected chi connectivity index (χ2v) is 6.07. The van der Waals surface area contributed by atoms with Crippen LogP contribution in [0.15, 0.2) is 42.5 Å². The van der Waals surface area contributed by atoms with Crippen molar-refractivity contribution in [3.63, 3.8) is 0 Å². The van der Waals surface area contributed by atoms with Crippen molar-refractivity contribution in [3.8, 4) is 0 Å². The Morgan fingerprint density at radius 1 is 1.04 bits per heavy atom. The van der Waals surface area contributed by atoms with E-state index in [4.69, 9.17) is 0 Å². The van der Waals surface area contributed by atoms with E-state index in [2.05, 4.69) is 10.6 Å². The van der Waals surface area contributed by atoms with Crippen molar-refractivity contribution < 1.29 is 14.4 Å². The zero-order valence-corrected chi connectivity index (χ0v) is 14.0. The number of hydrogen-bond donors (Lipinski definition) is 2. The quantitative estimate of drug-likeness (QED) is 0.645. The first-order chi connectivity index (χ1) is 12.1. The SMILES string of the molecule is O=C(NCCCN1CCCC1=O)C(=O)Nc1cccc2ccccc12. The molecule has 1 aliphatic heterocycles. The Bertz CT molecular complexity index is 798. The van der Waals surface area contributed by atoms with Crippen LogP contribution < -0.4 is 10.6 Å². The molecule has 0 aromatic heterocycles. The molecule has 2 N–H and O–H groups in total. The number of nitrogens with zero attached hydrogens (tertiary/aromatic N) is 1.